The number of nitrogens with one attached hydrogen (secondary N) is 4. The Hall–Kier alpha value is -3.24. The first-order chi connectivity index (χ1) is 15.9. The van der Waals surface area contributed by atoms with Gasteiger partial charge in [-0.3, -0.25) is 0 Å². The van der Waals surface area contributed by atoms with E-state index in [1.165, 1.54) is 0 Å². The van der Waals surface area contributed by atoms with E-state index in [2.05, 4.69) is 45.0 Å². The number of aromatic nitrogens is 3. The van der Waals surface area contributed by atoms with Gasteiger partial charge in [0.2, 0.25) is 5.95 Å². The fraction of sp³-hybridized carbons (Fsp3) is 0.391. The number of nitrogens with zero attached hydrogens (tertiary/aromatic N) is 4. The van der Waals surface area contributed by atoms with E-state index in [4.69, 9.17) is 9.97 Å². The molecule has 0 saturated carbocycles. The van der Waals surface area contributed by atoms with Crippen LogP contribution in [-0.4, -0.2) is 66.2 Å². The third kappa shape index (κ3) is 7.13. The largest absolute Gasteiger partial charge is 0.359 e. The first-order valence-electron chi connectivity index (χ1n) is 10.9. The van der Waals surface area contributed by atoms with E-state index < -0.39 is 0 Å². The molecule has 10 heteroatoms. The minimum atomic E-state index is -0.228. The van der Waals surface area contributed by atoms with Crippen LogP contribution in [0, 0.1) is 0 Å². The lowest BCUT2D eigenvalue weighted by atomic mass is 10.0. The Kier molecular flexibility index (Phi) is 8.56. The highest BCUT2D eigenvalue weighted by atomic mass is 32.1. The molecule has 9 nitrogen and oxygen atoms in total. The van der Waals surface area contributed by atoms with Gasteiger partial charge in [-0.05, 0) is 39.6 Å². The van der Waals surface area contributed by atoms with Crippen molar-refractivity contribution < 1.29 is 4.79 Å². The summed E-state index contributed by atoms with van der Waals surface area (Å²) in [6.45, 7) is 6.14. The number of benzene rings is 1. The first-order valence-corrected chi connectivity index (χ1v) is 11.7. The zero-order valence-corrected chi connectivity index (χ0v) is 20.6. The second kappa shape index (κ2) is 11.6. The molecule has 0 radical (unpaired) electrons. The minimum Gasteiger partial charge on any atom is -0.359 e. The van der Waals surface area contributed by atoms with Gasteiger partial charge in [-0.15, -0.1) is 0 Å². The van der Waals surface area contributed by atoms with E-state index in [9.17, 15) is 4.79 Å². The molecule has 33 heavy (non-hydrogen) atoms. The summed E-state index contributed by atoms with van der Waals surface area (Å²) in [7, 11) is 5.66. The molecule has 2 heterocycles. The average Bonchev–Trinajstić information content (AvgIpc) is 3.25. The Bertz CT molecular complexity index is 1070. The van der Waals surface area contributed by atoms with Gasteiger partial charge in [0.05, 0.1) is 16.3 Å². The lowest BCUT2D eigenvalue weighted by Crippen LogP contribution is -2.32. The maximum absolute atomic E-state index is 11.7. The SMILES string of the molecule is CNC(=O)NCc1ccccc1-c1cc(-c2cnc(NC(C)C)s2)nc(NCCN(C)C)n1. The van der Waals surface area contributed by atoms with E-state index in [1.807, 2.05) is 50.6 Å². The number of likely N-dealkylation sites (N-methyl/N-ethyl adjacent to an activating group) is 1. The van der Waals surface area contributed by atoms with E-state index in [1.54, 1.807) is 18.4 Å². The van der Waals surface area contributed by atoms with E-state index >= 15 is 0 Å². The van der Waals surface area contributed by atoms with Crippen LogP contribution in [0.3, 0.4) is 0 Å². The Morgan fingerprint density at radius 2 is 1.91 bits per heavy atom. The van der Waals surface area contributed by atoms with Crippen molar-refractivity contribution in [2.45, 2.75) is 26.4 Å². The van der Waals surface area contributed by atoms with Crippen molar-refractivity contribution in [1.29, 1.82) is 0 Å². The van der Waals surface area contributed by atoms with Crippen LogP contribution in [0.5, 0.6) is 0 Å². The Morgan fingerprint density at radius 3 is 2.64 bits per heavy atom. The number of carbonyl (C=O) groups is 1. The third-order valence-electron chi connectivity index (χ3n) is 4.70. The molecule has 3 aromatic rings. The predicted molar refractivity (Wildman–Crippen MR) is 136 cm³/mol. The molecule has 1 aromatic carbocycles. The summed E-state index contributed by atoms with van der Waals surface area (Å²) in [4.78, 5) is 28.8. The summed E-state index contributed by atoms with van der Waals surface area (Å²) >= 11 is 1.56. The van der Waals surface area contributed by atoms with Gasteiger partial charge in [-0.2, -0.15) is 0 Å². The molecular weight excluding hydrogens is 436 g/mol. The number of anilines is 2. The number of rotatable bonds is 10. The molecule has 0 aliphatic carbocycles. The fourth-order valence-electron chi connectivity index (χ4n) is 3.08. The lowest BCUT2D eigenvalue weighted by Gasteiger charge is -2.14. The van der Waals surface area contributed by atoms with Crippen molar-refractivity contribution >= 4 is 28.4 Å². The molecule has 2 amide bonds. The Labute approximate surface area is 199 Å². The number of hydrogen-bond donors (Lipinski definition) is 4. The number of carbonyl (C=O) groups excluding carboxylic acids is 1. The zero-order valence-electron chi connectivity index (χ0n) is 19.8. The second-order valence-corrected chi connectivity index (χ2v) is 9.14. The quantitative estimate of drug-likeness (QED) is 0.361. The Balaban J connectivity index is 1.98. The molecule has 0 atom stereocenters. The Morgan fingerprint density at radius 1 is 1.15 bits per heavy atom. The summed E-state index contributed by atoms with van der Waals surface area (Å²) in [5.74, 6) is 0.560. The number of thiazole rings is 1. The summed E-state index contributed by atoms with van der Waals surface area (Å²) in [6, 6.07) is 9.97. The van der Waals surface area contributed by atoms with Gasteiger partial charge < -0.3 is 26.2 Å². The summed E-state index contributed by atoms with van der Waals surface area (Å²) in [6.07, 6.45) is 1.84. The summed E-state index contributed by atoms with van der Waals surface area (Å²) < 4.78 is 0. The van der Waals surface area contributed by atoms with Crippen molar-refractivity contribution in [2.24, 2.45) is 0 Å². The summed E-state index contributed by atoms with van der Waals surface area (Å²) in [5, 5.41) is 13.0. The van der Waals surface area contributed by atoms with Crippen molar-refractivity contribution in [3.63, 3.8) is 0 Å². The maximum atomic E-state index is 11.7. The first kappa shape index (κ1) is 24.4. The van der Waals surface area contributed by atoms with Gasteiger partial charge in [-0.25, -0.2) is 19.7 Å². The molecule has 0 fully saturated rings. The van der Waals surface area contributed by atoms with Gasteiger partial charge in [0.25, 0.3) is 0 Å². The van der Waals surface area contributed by atoms with Crippen LogP contribution in [0.4, 0.5) is 15.9 Å². The third-order valence-corrected chi connectivity index (χ3v) is 5.65. The minimum absolute atomic E-state index is 0.228. The fourth-order valence-corrected chi connectivity index (χ4v) is 4.00. The van der Waals surface area contributed by atoms with Crippen molar-refractivity contribution in [3.8, 4) is 21.8 Å². The molecule has 2 aromatic heterocycles. The van der Waals surface area contributed by atoms with Crippen LogP contribution in [0.2, 0.25) is 0 Å². The lowest BCUT2D eigenvalue weighted by molar-refractivity contribution is 0.242. The van der Waals surface area contributed by atoms with E-state index in [0.29, 0.717) is 18.5 Å². The normalized spacial score (nSPS) is 11.0. The molecule has 0 aliphatic heterocycles. The highest BCUT2D eigenvalue weighted by Gasteiger charge is 2.14. The van der Waals surface area contributed by atoms with Crippen LogP contribution in [0.1, 0.15) is 19.4 Å². The van der Waals surface area contributed by atoms with Gasteiger partial charge in [0, 0.05) is 44.5 Å². The average molecular weight is 469 g/mol. The zero-order chi connectivity index (χ0) is 23.8. The number of urea groups is 1. The second-order valence-electron chi connectivity index (χ2n) is 8.11. The monoisotopic (exact) mass is 468 g/mol. The molecule has 0 aliphatic rings. The van der Waals surface area contributed by atoms with Crippen LogP contribution < -0.4 is 21.3 Å². The number of amides is 2. The van der Waals surface area contributed by atoms with Gasteiger partial charge in [-0.1, -0.05) is 35.6 Å². The van der Waals surface area contributed by atoms with E-state index in [-0.39, 0.29) is 6.03 Å². The maximum Gasteiger partial charge on any atom is 0.314 e. The van der Waals surface area contributed by atoms with Crippen LogP contribution >= 0.6 is 11.3 Å². The van der Waals surface area contributed by atoms with Gasteiger partial charge in [0.15, 0.2) is 5.13 Å². The van der Waals surface area contributed by atoms with Gasteiger partial charge >= 0.3 is 6.03 Å². The van der Waals surface area contributed by atoms with Gasteiger partial charge in [0.1, 0.15) is 0 Å². The van der Waals surface area contributed by atoms with Crippen LogP contribution in [0.15, 0.2) is 36.5 Å². The van der Waals surface area contributed by atoms with Crippen LogP contribution in [-0.2, 0) is 6.54 Å². The highest BCUT2D eigenvalue weighted by molar-refractivity contribution is 7.18. The molecule has 0 bridgehead atoms. The predicted octanol–water partition coefficient (Wildman–Crippen LogP) is 3.49. The molecule has 4 N–H and O–H groups in total. The number of hydrogen-bond acceptors (Lipinski definition) is 8. The molecule has 176 valence electrons. The highest BCUT2D eigenvalue weighted by Crippen LogP contribution is 2.32. The van der Waals surface area contributed by atoms with Crippen molar-refractivity contribution in [1.82, 2.24) is 30.5 Å². The molecule has 0 saturated heterocycles. The summed E-state index contributed by atoms with van der Waals surface area (Å²) in [5.41, 5.74) is 3.50. The smallest absolute Gasteiger partial charge is 0.314 e. The molecule has 0 spiro atoms. The topological polar surface area (TPSA) is 107 Å². The van der Waals surface area contributed by atoms with E-state index in [0.717, 1.165) is 45.6 Å². The van der Waals surface area contributed by atoms with Crippen molar-refractivity contribution in [3.05, 3.63) is 42.1 Å². The molecule has 0 unspecified atom stereocenters. The molecule has 3 rings (SSSR count). The van der Waals surface area contributed by atoms with Crippen LogP contribution in [0.25, 0.3) is 21.8 Å². The molecular formula is C23H32N8OS. The van der Waals surface area contributed by atoms with Crippen molar-refractivity contribution in [2.75, 3.05) is 44.9 Å². The standard InChI is InChI=1S/C23H32N8OS/c1-15(2)28-23-27-14-20(33-23)19-12-18(29-21(30-19)25-10-11-31(4)5)17-9-7-6-8-16(17)13-26-22(32)24-3/h6-9,12,14-15H,10-11,13H2,1-5H3,(H,27,28)(H2,24,26,32)(H,25,29,30).